The SMILES string of the molecule is CCn1c(S[C@@H](C)C(=O)N2CCNC2=O)nnc1C1CC1. The number of carbonyl (C=O) groups excluding carboxylic acids is 2. The highest BCUT2D eigenvalue weighted by atomic mass is 32.2. The number of urea groups is 1. The van der Waals surface area contributed by atoms with Crippen molar-refractivity contribution >= 4 is 23.7 Å². The zero-order chi connectivity index (χ0) is 15.0. The number of nitrogens with one attached hydrogen (secondary N) is 1. The highest BCUT2D eigenvalue weighted by molar-refractivity contribution is 8.00. The third-order valence-corrected chi connectivity index (χ3v) is 4.82. The summed E-state index contributed by atoms with van der Waals surface area (Å²) >= 11 is 1.38. The van der Waals surface area contributed by atoms with Crippen molar-refractivity contribution in [3.8, 4) is 0 Å². The van der Waals surface area contributed by atoms with Gasteiger partial charge in [-0.15, -0.1) is 10.2 Å². The van der Waals surface area contributed by atoms with Gasteiger partial charge in [-0.3, -0.25) is 9.69 Å². The average molecular weight is 309 g/mol. The van der Waals surface area contributed by atoms with Crippen LogP contribution >= 0.6 is 11.8 Å². The number of thioether (sulfide) groups is 1. The van der Waals surface area contributed by atoms with Gasteiger partial charge in [0.15, 0.2) is 5.16 Å². The van der Waals surface area contributed by atoms with E-state index in [1.165, 1.54) is 29.5 Å². The molecule has 2 heterocycles. The van der Waals surface area contributed by atoms with Crippen LogP contribution in [0.3, 0.4) is 0 Å². The maximum absolute atomic E-state index is 12.3. The van der Waals surface area contributed by atoms with Gasteiger partial charge in [0.05, 0.1) is 5.25 Å². The molecule has 1 aliphatic heterocycles. The molecule has 1 saturated carbocycles. The van der Waals surface area contributed by atoms with E-state index in [9.17, 15) is 9.59 Å². The Balaban J connectivity index is 1.70. The first kappa shape index (κ1) is 14.4. The van der Waals surface area contributed by atoms with Crippen LogP contribution in [0.1, 0.15) is 38.4 Å². The largest absolute Gasteiger partial charge is 0.336 e. The van der Waals surface area contributed by atoms with Crippen molar-refractivity contribution in [1.29, 1.82) is 0 Å². The standard InChI is InChI=1S/C13H19N5O2S/c1-3-17-10(9-4-5-9)15-16-13(17)21-8(2)11(19)18-7-6-14-12(18)20/h8-9H,3-7H2,1-2H3,(H,14,20)/t8-/m0/s1. The number of nitrogens with zero attached hydrogens (tertiary/aromatic N) is 4. The van der Waals surface area contributed by atoms with Crippen molar-refractivity contribution in [2.45, 2.75) is 49.6 Å². The normalized spacial score (nSPS) is 19.7. The van der Waals surface area contributed by atoms with E-state index in [1.54, 1.807) is 0 Å². The predicted octanol–water partition coefficient (Wildman–Crippen LogP) is 1.21. The summed E-state index contributed by atoms with van der Waals surface area (Å²) in [6, 6.07) is -0.303. The molecule has 0 unspecified atom stereocenters. The molecule has 3 amide bonds. The zero-order valence-electron chi connectivity index (χ0n) is 12.2. The maximum atomic E-state index is 12.3. The lowest BCUT2D eigenvalue weighted by Crippen LogP contribution is -2.39. The minimum atomic E-state index is -0.351. The summed E-state index contributed by atoms with van der Waals surface area (Å²) in [5, 5.41) is 11.5. The van der Waals surface area contributed by atoms with Crippen LogP contribution in [0.2, 0.25) is 0 Å². The monoisotopic (exact) mass is 309 g/mol. The van der Waals surface area contributed by atoms with E-state index in [-0.39, 0.29) is 17.2 Å². The van der Waals surface area contributed by atoms with Gasteiger partial charge in [0.1, 0.15) is 5.82 Å². The molecular formula is C13H19N5O2S. The van der Waals surface area contributed by atoms with Gasteiger partial charge in [0, 0.05) is 25.6 Å². The van der Waals surface area contributed by atoms with E-state index in [4.69, 9.17) is 0 Å². The Morgan fingerprint density at radius 1 is 1.48 bits per heavy atom. The minimum absolute atomic E-state index is 0.173. The van der Waals surface area contributed by atoms with Gasteiger partial charge < -0.3 is 9.88 Å². The third-order valence-electron chi connectivity index (χ3n) is 3.76. The van der Waals surface area contributed by atoms with E-state index in [2.05, 4.69) is 27.0 Å². The third kappa shape index (κ3) is 2.76. The number of amides is 3. The van der Waals surface area contributed by atoms with Crippen LogP contribution in [-0.4, -0.2) is 49.9 Å². The molecule has 7 nitrogen and oxygen atoms in total. The molecule has 2 fully saturated rings. The summed E-state index contributed by atoms with van der Waals surface area (Å²) in [4.78, 5) is 25.1. The van der Waals surface area contributed by atoms with Crippen molar-refractivity contribution in [2.24, 2.45) is 0 Å². The van der Waals surface area contributed by atoms with E-state index >= 15 is 0 Å². The highest BCUT2D eigenvalue weighted by Gasteiger charge is 2.33. The predicted molar refractivity (Wildman–Crippen MR) is 78.1 cm³/mol. The quantitative estimate of drug-likeness (QED) is 0.827. The average Bonchev–Trinajstić information content (AvgIpc) is 3.11. The number of hydrogen-bond acceptors (Lipinski definition) is 5. The van der Waals surface area contributed by atoms with Gasteiger partial charge in [-0.2, -0.15) is 0 Å². The van der Waals surface area contributed by atoms with Crippen molar-refractivity contribution in [3.05, 3.63) is 5.82 Å². The second-order valence-corrected chi connectivity index (χ2v) is 6.65. The molecule has 1 aliphatic carbocycles. The maximum Gasteiger partial charge on any atom is 0.324 e. The van der Waals surface area contributed by atoms with Crippen LogP contribution in [-0.2, 0) is 11.3 Å². The Bertz CT molecular complexity index is 569. The second-order valence-electron chi connectivity index (χ2n) is 5.34. The van der Waals surface area contributed by atoms with Crippen LogP contribution in [0.4, 0.5) is 4.79 Å². The highest BCUT2D eigenvalue weighted by Crippen LogP contribution is 2.40. The van der Waals surface area contributed by atoms with Crippen molar-refractivity contribution in [2.75, 3.05) is 13.1 Å². The molecule has 1 atom stereocenters. The molecule has 0 radical (unpaired) electrons. The number of aromatic nitrogens is 3. The van der Waals surface area contributed by atoms with Gasteiger partial charge in [0.25, 0.3) is 0 Å². The van der Waals surface area contributed by atoms with Crippen LogP contribution in [0, 0.1) is 0 Å². The number of carbonyl (C=O) groups is 2. The molecule has 1 aromatic rings. The fraction of sp³-hybridized carbons (Fsp3) is 0.692. The van der Waals surface area contributed by atoms with Crippen molar-refractivity contribution in [3.63, 3.8) is 0 Å². The molecule has 21 heavy (non-hydrogen) atoms. The fourth-order valence-corrected chi connectivity index (χ4v) is 3.42. The Hall–Kier alpha value is -1.57. The molecule has 0 spiro atoms. The Morgan fingerprint density at radius 3 is 2.81 bits per heavy atom. The molecular weight excluding hydrogens is 290 g/mol. The van der Waals surface area contributed by atoms with Crippen LogP contribution in [0.15, 0.2) is 5.16 Å². The van der Waals surface area contributed by atoms with E-state index < -0.39 is 0 Å². The summed E-state index contributed by atoms with van der Waals surface area (Å²) < 4.78 is 2.08. The molecule has 114 valence electrons. The number of rotatable bonds is 5. The fourth-order valence-electron chi connectivity index (χ4n) is 2.44. The van der Waals surface area contributed by atoms with Gasteiger partial charge in [0.2, 0.25) is 5.91 Å². The van der Waals surface area contributed by atoms with E-state index in [0.29, 0.717) is 19.0 Å². The van der Waals surface area contributed by atoms with Gasteiger partial charge in [-0.05, 0) is 26.7 Å². The lowest BCUT2D eigenvalue weighted by molar-refractivity contribution is -0.126. The molecule has 3 rings (SSSR count). The van der Waals surface area contributed by atoms with Gasteiger partial charge >= 0.3 is 6.03 Å². The van der Waals surface area contributed by atoms with Gasteiger partial charge in [-0.1, -0.05) is 11.8 Å². The molecule has 1 aromatic heterocycles. The topological polar surface area (TPSA) is 80.1 Å². The summed E-state index contributed by atoms with van der Waals surface area (Å²) in [7, 11) is 0. The molecule has 8 heteroatoms. The Labute approximate surface area is 127 Å². The van der Waals surface area contributed by atoms with Crippen LogP contribution < -0.4 is 5.32 Å². The lowest BCUT2D eigenvalue weighted by atomic mass is 10.4. The second kappa shape index (κ2) is 5.67. The van der Waals surface area contributed by atoms with E-state index in [0.717, 1.165) is 17.5 Å². The summed E-state index contributed by atoms with van der Waals surface area (Å²) in [6.45, 7) is 5.63. The number of imide groups is 1. The molecule has 1 N–H and O–H groups in total. The molecule has 1 saturated heterocycles. The molecule has 2 aliphatic rings. The van der Waals surface area contributed by atoms with Crippen LogP contribution in [0.25, 0.3) is 0 Å². The first-order valence-electron chi connectivity index (χ1n) is 7.30. The Morgan fingerprint density at radius 2 is 2.24 bits per heavy atom. The van der Waals surface area contributed by atoms with Crippen LogP contribution in [0.5, 0.6) is 0 Å². The lowest BCUT2D eigenvalue weighted by Gasteiger charge is -2.17. The first-order valence-corrected chi connectivity index (χ1v) is 8.18. The van der Waals surface area contributed by atoms with Crippen molar-refractivity contribution < 1.29 is 9.59 Å². The first-order chi connectivity index (χ1) is 10.1. The van der Waals surface area contributed by atoms with Crippen molar-refractivity contribution in [1.82, 2.24) is 25.0 Å². The molecule has 0 aromatic carbocycles. The smallest absolute Gasteiger partial charge is 0.324 e. The number of hydrogen-bond donors (Lipinski definition) is 1. The summed E-state index contributed by atoms with van der Waals surface area (Å²) in [5.74, 6) is 1.38. The summed E-state index contributed by atoms with van der Waals surface area (Å²) in [6.07, 6.45) is 2.34. The molecule has 0 bridgehead atoms. The van der Waals surface area contributed by atoms with E-state index in [1.807, 2.05) is 6.92 Å². The van der Waals surface area contributed by atoms with Gasteiger partial charge in [-0.25, -0.2) is 4.79 Å². The summed E-state index contributed by atoms with van der Waals surface area (Å²) in [5.41, 5.74) is 0. The Kier molecular flexibility index (Phi) is 3.88. The minimum Gasteiger partial charge on any atom is -0.336 e. The zero-order valence-corrected chi connectivity index (χ0v) is 13.0.